The molecule has 0 spiro atoms. The number of carbonyl (C=O) groups is 1. The van der Waals surface area contributed by atoms with Crippen molar-refractivity contribution in [2.24, 2.45) is 5.92 Å². The average Bonchev–Trinajstić information content (AvgIpc) is 2.85. The average molecular weight is 513 g/mol. The van der Waals surface area contributed by atoms with Crippen LogP contribution in [0.15, 0.2) is 0 Å². The first-order chi connectivity index (χ1) is 17.2. The van der Waals surface area contributed by atoms with Crippen LogP contribution in [-0.2, 0) is 47.4 Å². The minimum Gasteiger partial charge on any atom is -0.481 e. The van der Waals surface area contributed by atoms with Crippen LogP contribution in [0.1, 0.15) is 26.7 Å². The summed E-state index contributed by atoms with van der Waals surface area (Å²) in [4.78, 5) is 10.3. The van der Waals surface area contributed by atoms with Crippen LogP contribution in [0.2, 0.25) is 0 Å². The van der Waals surface area contributed by atoms with Gasteiger partial charge in [0.1, 0.15) is 0 Å². The molecule has 0 saturated heterocycles. The van der Waals surface area contributed by atoms with Gasteiger partial charge in [-0.2, -0.15) is 0 Å². The Kier molecular flexibility index (Phi) is 28.6. The maximum Gasteiger partial charge on any atom is 0.305 e. The summed E-state index contributed by atoms with van der Waals surface area (Å²) in [5.41, 5.74) is 0. The molecule has 0 aliphatic heterocycles. The summed E-state index contributed by atoms with van der Waals surface area (Å²) >= 11 is 0. The van der Waals surface area contributed by atoms with Crippen molar-refractivity contribution in [1.29, 1.82) is 0 Å². The highest BCUT2D eigenvalue weighted by Crippen LogP contribution is 1.99. The van der Waals surface area contributed by atoms with Gasteiger partial charge in [-0.25, -0.2) is 0 Å². The second-order valence-electron chi connectivity index (χ2n) is 7.63. The number of hydrogen-bond donors (Lipinski definition) is 1. The van der Waals surface area contributed by atoms with Gasteiger partial charge in [-0.3, -0.25) is 4.79 Å². The molecular formula is C24H48O11. The summed E-state index contributed by atoms with van der Waals surface area (Å²) in [6.45, 7) is 13.4. The zero-order chi connectivity index (χ0) is 25.7. The van der Waals surface area contributed by atoms with Crippen molar-refractivity contribution >= 4 is 5.97 Å². The third-order valence-electron chi connectivity index (χ3n) is 4.54. The normalized spacial score (nSPS) is 12.3. The van der Waals surface area contributed by atoms with Crippen LogP contribution in [0, 0.1) is 5.92 Å². The van der Waals surface area contributed by atoms with E-state index in [9.17, 15) is 4.79 Å². The van der Waals surface area contributed by atoms with Gasteiger partial charge < -0.3 is 47.7 Å². The van der Waals surface area contributed by atoms with Crippen LogP contribution in [0.4, 0.5) is 0 Å². The van der Waals surface area contributed by atoms with E-state index in [1.165, 1.54) is 0 Å². The van der Waals surface area contributed by atoms with Gasteiger partial charge in [0.2, 0.25) is 0 Å². The molecule has 0 bridgehead atoms. The maximum atomic E-state index is 10.3. The molecule has 0 amide bonds. The predicted octanol–water partition coefficient (Wildman–Crippen LogP) is 1.66. The number of rotatable bonds is 30. The molecule has 1 atom stereocenters. The quantitative estimate of drug-likeness (QED) is 0.141. The lowest BCUT2D eigenvalue weighted by Crippen LogP contribution is -2.15. The minimum absolute atomic E-state index is 0.00417. The highest BCUT2D eigenvalue weighted by atomic mass is 16.6. The first kappa shape index (κ1) is 34.1. The van der Waals surface area contributed by atoms with Crippen molar-refractivity contribution in [2.45, 2.75) is 26.7 Å². The lowest BCUT2D eigenvalue weighted by Gasteiger charge is -2.10. The lowest BCUT2D eigenvalue weighted by molar-refractivity contribution is -0.138. The Morgan fingerprint density at radius 2 is 0.771 bits per heavy atom. The summed E-state index contributed by atoms with van der Waals surface area (Å²) in [7, 11) is 0. The van der Waals surface area contributed by atoms with Crippen molar-refractivity contribution in [3.05, 3.63) is 0 Å². The van der Waals surface area contributed by atoms with Crippen LogP contribution < -0.4 is 0 Å². The van der Waals surface area contributed by atoms with E-state index in [0.717, 1.165) is 13.0 Å². The van der Waals surface area contributed by atoms with E-state index < -0.39 is 5.97 Å². The van der Waals surface area contributed by atoms with Gasteiger partial charge in [0.05, 0.1) is 119 Å². The molecule has 0 aromatic carbocycles. The highest BCUT2D eigenvalue weighted by Gasteiger charge is 1.99. The second-order valence-corrected chi connectivity index (χ2v) is 7.63. The molecule has 0 fully saturated rings. The number of carboxylic acids is 1. The van der Waals surface area contributed by atoms with E-state index in [1.807, 2.05) is 0 Å². The molecule has 0 aromatic heterocycles. The molecule has 0 saturated carbocycles. The third kappa shape index (κ3) is 31.1. The molecule has 0 heterocycles. The monoisotopic (exact) mass is 512 g/mol. The Balaban J connectivity index is 3.04. The fourth-order valence-electron chi connectivity index (χ4n) is 2.32. The van der Waals surface area contributed by atoms with Crippen LogP contribution in [-0.4, -0.2) is 130 Å². The van der Waals surface area contributed by atoms with E-state index in [-0.39, 0.29) is 13.0 Å². The fraction of sp³-hybridized carbons (Fsp3) is 0.958. The van der Waals surface area contributed by atoms with Crippen LogP contribution in [0.3, 0.4) is 0 Å². The summed E-state index contributed by atoms with van der Waals surface area (Å²) in [5, 5.41) is 8.46. The highest BCUT2D eigenvalue weighted by molar-refractivity contribution is 5.66. The van der Waals surface area contributed by atoms with Gasteiger partial charge >= 0.3 is 5.97 Å². The molecule has 35 heavy (non-hydrogen) atoms. The zero-order valence-electron chi connectivity index (χ0n) is 21.7. The van der Waals surface area contributed by atoms with Crippen molar-refractivity contribution in [1.82, 2.24) is 0 Å². The van der Waals surface area contributed by atoms with E-state index in [4.69, 9.17) is 47.7 Å². The summed E-state index contributed by atoms with van der Waals surface area (Å²) in [5.74, 6) is -0.273. The molecule has 0 aliphatic rings. The number of hydrogen-bond acceptors (Lipinski definition) is 10. The topological polar surface area (TPSA) is 120 Å². The molecule has 11 heteroatoms. The van der Waals surface area contributed by atoms with Gasteiger partial charge in [0.25, 0.3) is 0 Å². The Labute approximate surface area is 210 Å². The third-order valence-corrected chi connectivity index (χ3v) is 4.54. The molecular weight excluding hydrogens is 464 g/mol. The minimum atomic E-state index is -0.869. The Morgan fingerprint density at radius 3 is 1.03 bits per heavy atom. The van der Waals surface area contributed by atoms with Crippen molar-refractivity contribution in [2.75, 3.05) is 119 Å². The van der Waals surface area contributed by atoms with Crippen LogP contribution in [0.5, 0.6) is 0 Å². The SMILES string of the molecule is CCC(C)COCCOCCOCCOCCOCCOCCOCCOCCOCCC(=O)O. The first-order valence-electron chi connectivity index (χ1n) is 12.6. The van der Waals surface area contributed by atoms with E-state index in [0.29, 0.717) is 112 Å². The molecule has 0 rings (SSSR count). The number of carboxylic acid groups (broad SMARTS) is 1. The fourth-order valence-corrected chi connectivity index (χ4v) is 2.32. The van der Waals surface area contributed by atoms with E-state index in [1.54, 1.807) is 0 Å². The van der Waals surface area contributed by atoms with Gasteiger partial charge in [-0.05, 0) is 5.92 Å². The standard InChI is InChI=1S/C24H48O11/c1-3-23(2)22-35-21-20-34-19-18-33-17-16-32-15-14-31-13-12-30-11-10-29-9-8-28-7-6-27-5-4-24(25)26/h23H,3-22H2,1-2H3,(H,25,26). The van der Waals surface area contributed by atoms with Crippen molar-refractivity contribution < 1.29 is 52.5 Å². The first-order valence-corrected chi connectivity index (χ1v) is 12.6. The molecule has 0 radical (unpaired) electrons. The summed E-state index contributed by atoms with van der Waals surface area (Å²) in [6, 6.07) is 0. The molecule has 0 aliphatic carbocycles. The van der Waals surface area contributed by atoms with Crippen LogP contribution in [0.25, 0.3) is 0 Å². The van der Waals surface area contributed by atoms with Crippen LogP contribution >= 0.6 is 0 Å². The number of ether oxygens (including phenoxy) is 9. The molecule has 1 unspecified atom stereocenters. The maximum absolute atomic E-state index is 10.3. The van der Waals surface area contributed by atoms with Gasteiger partial charge in [-0.1, -0.05) is 20.3 Å². The van der Waals surface area contributed by atoms with E-state index >= 15 is 0 Å². The van der Waals surface area contributed by atoms with Gasteiger partial charge in [0.15, 0.2) is 0 Å². The summed E-state index contributed by atoms with van der Waals surface area (Å²) < 4.78 is 48.5. The Hall–Kier alpha value is -0.890. The Bertz CT molecular complexity index is 426. The summed E-state index contributed by atoms with van der Waals surface area (Å²) in [6.07, 6.45) is 1.13. The van der Waals surface area contributed by atoms with Crippen molar-refractivity contribution in [3.63, 3.8) is 0 Å². The van der Waals surface area contributed by atoms with E-state index in [2.05, 4.69) is 13.8 Å². The molecule has 11 nitrogen and oxygen atoms in total. The Morgan fingerprint density at radius 1 is 0.514 bits per heavy atom. The van der Waals surface area contributed by atoms with Gasteiger partial charge in [0, 0.05) is 6.61 Å². The zero-order valence-corrected chi connectivity index (χ0v) is 21.7. The number of aliphatic carboxylic acids is 1. The molecule has 1 N–H and O–H groups in total. The largest absolute Gasteiger partial charge is 0.481 e. The van der Waals surface area contributed by atoms with Gasteiger partial charge in [-0.15, -0.1) is 0 Å². The molecule has 0 aromatic rings. The second kappa shape index (κ2) is 29.3. The smallest absolute Gasteiger partial charge is 0.305 e. The van der Waals surface area contributed by atoms with Crippen molar-refractivity contribution in [3.8, 4) is 0 Å². The predicted molar refractivity (Wildman–Crippen MR) is 129 cm³/mol. The lowest BCUT2D eigenvalue weighted by atomic mass is 10.1. The molecule has 210 valence electrons.